The Labute approximate surface area is 113 Å². The third-order valence-electron chi connectivity index (χ3n) is 3.69. The third-order valence-corrected chi connectivity index (χ3v) is 3.69. The summed E-state index contributed by atoms with van der Waals surface area (Å²) in [7, 11) is 0. The van der Waals surface area contributed by atoms with Gasteiger partial charge in [0.25, 0.3) is 0 Å². The molecule has 1 rings (SSSR count). The van der Waals surface area contributed by atoms with Crippen LogP contribution in [0.15, 0.2) is 0 Å². The first-order valence-corrected chi connectivity index (χ1v) is 7.72. The lowest BCUT2D eigenvalue weighted by molar-refractivity contribution is -0.121. The number of unbranched alkanes of at least 4 members (excludes halogenated alkanes) is 1. The molecule has 0 amide bonds. The van der Waals surface area contributed by atoms with Crippen LogP contribution >= 0.6 is 0 Å². The molecule has 3 nitrogen and oxygen atoms in total. The first-order valence-electron chi connectivity index (χ1n) is 7.72. The van der Waals surface area contributed by atoms with Crippen molar-refractivity contribution >= 4 is 5.78 Å². The topological polar surface area (TPSA) is 23.6 Å². The molecule has 1 saturated heterocycles. The lowest BCUT2D eigenvalue weighted by Gasteiger charge is -2.26. The van der Waals surface area contributed by atoms with Crippen molar-refractivity contribution < 1.29 is 4.79 Å². The van der Waals surface area contributed by atoms with Crippen LogP contribution in [0, 0.1) is 0 Å². The van der Waals surface area contributed by atoms with Gasteiger partial charge in [-0.05, 0) is 51.9 Å². The Hall–Kier alpha value is -0.410. The monoisotopic (exact) mass is 254 g/mol. The number of carbonyl (C=O) groups is 1. The van der Waals surface area contributed by atoms with Gasteiger partial charge in [0.1, 0.15) is 5.78 Å². The summed E-state index contributed by atoms with van der Waals surface area (Å²) in [6.45, 7) is 11.4. The standard InChI is InChI=1S/C15H30N2O/c1-3-9-16(10-4-2)11-5-6-12-17-13-7-15(18)8-14-17/h3-14H2,1-2H3. The average molecular weight is 254 g/mol. The van der Waals surface area contributed by atoms with Crippen molar-refractivity contribution in [3.63, 3.8) is 0 Å². The molecule has 0 radical (unpaired) electrons. The first kappa shape index (κ1) is 15.6. The molecular weight excluding hydrogens is 224 g/mol. The lowest BCUT2D eigenvalue weighted by Crippen LogP contribution is -2.35. The van der Waals surface area contributed by atoms with Crippen LogP contribution in [0.5, 0.6) is 0 Å². The van der Waals surface area contributed by atoms with E-state index in [4.69, 9.17) is 0 Å². The number of hydrogen-bond donors (Lipinski definition) is 0. The van der Waals surface area contributed by atoms with Gasteiger partial charge in [0.15, 0.2) is 0 Å². The summed E-state index contributed by atoms with van der Waals surface area (Å²) < 4.78 is 0. The van der Waals surface area contributed by atoms with Crippen LogP contribution in [0.4, 0.5) is 0 Å². The highest BCUT2D eigenvalue weighted by Gasteiger charge is 2.15. The molecule has 0 aromatic heterocycles. The van der Waals surface area contributed by atoms with E-state index in [0.29, 0.717) is 5.78 Å². The molecule has 1 heterocycles. The van der Waals surface area contributed by atoms with Crippen LogP contribution in [0.2, 0.25) is 0 Å². The van der Waals surface area contributed by atoms with Crippen LogP contribution in [0.3, 0.4) is 0 Å². The van der Waals surface area contributed by atoms with Gasteiger partial charge in [0.05, 0.1) is 0 Å². The zero-order valence-electron chi connectivity index (χ0n) is 12.3. The highest BCUT2D eigenvalue weighted by atomic mass is 16.1. The normalized spacial score (nSPS) is 17.6. The number of nitrogens with zero attached hydrogens (tertiary/aromatic N) is 2. The molecule has 0 aliphatic carbocycles. The van der Waals surface area contributed by atoms with E-state index in [-0.39, 0.29) is 0 Å². The van der Waals surface area contributed by atoms with Crippen molar-refractivity contribution in [2.45, 2.75) is 52.4 Å². The summed E-state index contributed by atoms with van der Waals surface area (Å²) in [6, 6.07) is 0. The quantitative estimate of drug-likeness (QED) is 0.591. The van der Waals surface area contributed by atoms with Gasteiger partial charge >= 0.3 is 0 Å². The Morgan fingerprint density at radius 1 is 1.00 bits per heavy atom. The van der Waals surface area contributed by atoms with Gasteiger partial charge in [-0.3, -0.25) is 4.79 Å². The lowest BCUT2D eigenvalue weighted by atomic mass is 10.1. The SMILES string of the molecule is CCCN(CCC)CCCCN1CCC(=O)CC1. The van der Waals surface area contributed by atoms with Crippen molar-refractivity contribution in [3.05, 3.63) is 0 Å². The van der Waals surface area contributed by atoms with Gasteiger partial charge in [-0.1, -0.05) is 13.8 Å². The predicted molar refractivity (Wildman–Crippen MR) is 76.9 cm³/mol. The Kier molecular flexibility index (Phi) is 8.27. The molecule has 1 fully saturated rings. The molecule has 1 aliphatic heterocycles. The number of piperidine rings is 1. The predicted octanol–water partition coefficient (Wildman–Crippen LogP) is 2.55. The van der Waals surface area contributed by atoms with Crippen molar-refractivity contribution in [2.24, 2.45) is 0 Å². The van der Waals surface area contributed by atoms with Gasteiger partial charge in [-0.25, -0.2) is 0 Å². The zero-order valence-corrected chi connectivity index (χ0v) is 12.3. The maximum Gasteiger partial charge on any atom is 0.135 e. The van der Waals surface area contributed by atoms with Gasteiger partial charge < -0.3 is 9.80 Å². The maximum atomic E-state index is 11.1. The molecule has 0 bridgehead atoms. The van der Waals surface area contributed by atoms with E-state index in [9.17, 15) is 4.79 Å². The van der Waals surface area contributed by atoms with E-state index < -0.39 is 0 Å². The van der Waals surface area contributed by atoms with Crippen LogP contribution in [-0.2, 0) is 4.79 Å². The fraction of sp³-hybridized carbons (Fsp3) is 0.933. The Morgan fingerprint density at radius 2 is 1.61 bits per heavy atom. The van der Waals surface area contributed by atoms with E-state index >= 15 is 0 Å². The number of carbonyl (C=O) groups excluding carboxylic acids is 1. The summed E-state index contributed by atoms with van der Waals surface area (Å²) in [5, 5.41) is 0. The zero-order chi connectivity index (χ0) is 13.2. The van der Waals surface area contributed by atoms with Crippen LogP contribution < -0.4 is 0 Å². The van der Waals surface area contributed by atoms with Gasteiger partial charge in [0, 0.05) is 25.9 Å². The van der Waals surface area contributed by atoms with E-state index in [1.165, 1.54) is 51.9 Å². The summed E-state index contributed by atoms with van der Waals surface area (Å²) >= 11 is 0. The number of Topliss-reactive ketones (excluding diaryl/α,β-unsaturated/α-hetero) is 1. The van der Waals surface area contributed by atoms with Gasteiger partial charge in [-0.2, -0.15) is 0 Å². The van der Waals surface area contributed by atoms with E-state index in [0.717, 1.165) is 25.9 Å². The van der Waals surface area contributed by atoms with E-state index in [1.54, 1.807) is 0 Å². The summed E-state index contributed by atoms with van der Waals surface area (Å²) in [5.41, 5.74) is 0. The van der Waals surface area contributed by atoms with Crippen LogP contribution in [0.25, 0.3) is 0 Å². The highest BCUT2D eigenvalue weighted by Crippen LogP contribution is 2.07. The molecule has 0 aromatic rings. The summed E-state index contributed by atoms with van der Waals surface area (Å²) in [6.07, 6.45) is 6.64. The minimum absolute atomic E-state index is 0.448. The first-order chi connectivity index (χ1) is 8.76. The largest absolute Gasteiger partial charge is 0.303 e. The molecule has 0 atom stereocenters. The average Bonchev–Trinajstić information content (AvgIpc) is 2.37. The minimum atomic E-state index is 0.448. The second-order valence-electron chi connectivity index (χ2n) is 5.43. The molecule has 3 heteroatoms. The molecule has 0 N–H and O–H groups in total. The minimum Gasteiger partial charge on any atom is -0.303 e. The molecule has 18 heavy (non-hydrogen) atoms. The Balaban J connectivity index is 2.04. The smallest absolute Gasteiger partial charge is 0.135 e. The Bertz CT molecular complexity index is 215. The van der Waals surface area contributed by atoms with Crippen molar-refractivity contribution in [1.82, 2.24) is 9.80 Å². The maximum absolute atomic E-state index is 11.1. The molecule has 0 spiro atoms. The van der Waals surface area contributed by atoms with Crippen molar-refractivity contribution in [2.75, 3.05) is 39.3 Å². The molecule has 1 aliphatic rings. The fourth-order valence-corrected chi connectivity index (χ4v) is 2.66. The second kappa shape index (κ2) is 9.51. The van der Waals surface area contributed by atoms with E-state index in [1.807, 2.05) is 0 Å². The van der Waals surface area contributed by atoms with Crippen LogP contribution in [0.1, 0.15) is 52.4 Å². The summed E-state index contributed by atoms with van der Waals surface area (Å²) in [5.74, 6) is 0.448. The summed E-state index contributed by atoms with van der Waals surface area (Å²) in [4.78, 5) is 16.2. The molecule has 0 saturated carbocycles. The number of ketones is 1. The van der Waals surface area contributed by atoms with Crippen LogP contribution in [-0.4, -0.2) is 54.9 Å². The number of likely N-dealkylation sites (tertiary alicyclic amines) is 1. The number of rotatable bonds is 9. The van der Waals surface area contributed by atoms with Gasteiger partial charge in [0.2, 0.25) is 0 Å². The molecule has 106 valence electrons. The molecule has 0 unspecified atom stereocenters. The van der Waals surface area contributed by atoms with Gasteiger partial charge in [-0.15, -0.1) is 0 Å². The van der Waals surface area contributed by atoms with Crippen molar-refractivity contribution in [1.29, 1.82) is 0 Å². The second-order valence-corrected chi connectivity index (χ2v) is 5.43. The number of hydrogen-bond acceptors (Lipinski definition) is 3. The Morgan fingerprint density at radius 3 is 2.17 bits per heavy atom. The fourth-order valence-electron chi connectivity index (χ4n) is 2.66. The highest BCUT2D eigenvalue weighted by molar-refractivity contribution is 5.79. The van der Waals surface area contributed by atoms with E-state index in [2.05, 4.69) is 23.6 Å². The molecule has 0 aromatic carbocycles. The van der Waals surface area contributed by atoms with Crippen molar-refractivity contribution in [3.8, 4) is 0 Å². The third kappa shape index (κ3) is 6.50. The molecular formula is C15H30N2O.